The number of rotatable bonds is 7. The van der Waals surface area contributed by atoms with E-state index in [1.165, 1.54) is 18.2 Å². The highest BCUT2D eigenvalue weighted by atomic mass is 35.5. The average Bonchev–Trinajstić information content (AvgIpc) is 2.73. The van der Waals surface area contributed by atoms with Gasteiger partial charge in [0.25, 0.3) is 0 Å². The van der Waals surface area contributed by atoms with E-state index in [2.05, 4.69) is 4.98 Å². The van der Waals surface area contributed by atoms with E-state index in [1.807, 2.05) is 19.9 Å². The zero-order valence-corrected chi connectivity index (χ0v) is 17.7. The minimum Gasteiger partial charge on any atom is -0.440 e. The minimum atomic E-state index is -1.22. The van der Waals surface area contributed by atoms with Crippen LogP contribution in [0.15, 0.2) is 66.7 Å². The first-order valence-corrected chi connectivity index (χ1v) is 10.0. The molecule has 0 aliphatic rings. The largest absolute Gasteiger partial charge is 0.440 e. The monoisotopic (exact) mass is 438 g/mol. The second kappa shape index (κ2) is 10.1. The summed E-state index contributed by atoms with van der Waals surface area (Å²) in [5, 5.41) is 10.2. The Kier molecular flexibility index (Phi) is 7.22. The van der Waals surface area contributed by atoms with Crippen LogP contribution >= 0.6 is 11.6 Å². The number of carbonyl (C=O) groups excluding carboxylic acids is 1. The lowest BCUT2D eigenvalue weighted by molar-refractivity contribution is -0.150. The van der Waals surface area contributed by atoms with Crippen molar-refractivity contribution < 1.29 is 18.7 Å². The van der Waals surface area contributed by atoms with Crippen LogP contribution in [0.5, 0.6) is 11.6 Å². The Hall–Kier alpha value is -3.43. The van der Waals surface area contributed by atoms with E-state index in [0.29, 0.717) is 5.02 Å². The fraction of sp³-hybridized carbons (Fsp3) is 0.208. The fourth-order valence-corrected chi connectivity index (χ4v) is 3.22. The second-order valence-electron chi connectivity index (χ2n) is 7.18. The lowest BCUT2D eigenvalue weighted by Crippen LogP contribution is -2.23. The molecule has 0 amide bonds. The molecule has 0 aliphatic carbocycles. The molecule has 5 nitrogen and oxygen atoms in total. The van der Waals surface area contributed by atoms with Crippen molar-refractivity contribution in [2.24, 2.45) is 5.92 Å². The van der Waals surface area contributed by atoms with Crippen LogP contribution in [0, 0.1) is 23.1 Å². The van der Waals surface area contributed by atoms with Gasteiger partial charge in [-0.1, -0.05) is 49.7 Å². The van der Waals surface area contributed by atoms with Gasteiger partial charge in [0.15, 0.2) is 0 Å². The zero-order valence-electron chi connectivity index (χ0n) is 17.0. The smallest absolute Gasteiger partial charge is 0.315 e. The summed E-state index contributed by atoms with van der Waals surface area (Å²) in [5.74, 6) is -1.21. The first kappa shape index (κ1) is 22.3. The number of halogens is 2. The highest BCUT2D eigenvalue weighted by Crippen LogP contribution is 2.30. The maximum Gasteiger partial charge on any atom is 0.315 e. The van der Waals surface area contributed by atoms with Crippen LogP contribution in [0.25, 0.3) is 0 Å². The van der Waals surface area contributed by atoms with Crippen LogP contribution in [-0.4, -0.2) is 11.0 Å². The van der Waals surface area contributed by atoms with Crippen LogP contribution in [0.2, 0.25) is 5.02 Å². The standard InChI is InChI=1S/C24H20ClFN2O3/c1-15(2)23(16-9-11-17(25)12-10-16)24(29)31-21(14-27)20-7-4-8-22(28-20)30-19-6-3-5-18(26)13-19/h3-13,15,21,23H,1-2H3. The Labute approximate surface area is 185 Å². The van der Waals surface area contributed by atoms with Gasteiger partial charge >= 0.3 is 5.97 Å². The van der Waals surface area contributed by atoms with Gasteiger partial charge in [-0.25, -0.2) is 9.37 Å². The van der Waals surface area contributed by atoms with Gasteiger partial charge < -0.3 is 9.47 Å². The number of benzene rings is 2. The van der Waals surface area contributed by atoms with Gasteiger partial charge in [0, 0.05) is 17.2 Å². The molecule has 0 spiro atoms. The Morgan fingerprint density at radius 1 is 1.10 bits per heavy atom. The average molecular weight is 439 g/mol. The summed E-state index contributed by atoms with van der Waals surface area (Å²) >= 11 is 5.94. The highest BCUT2D eigenvalue weighted by Gasteiger charge is 2.29. The molecule has 3 rings (SSSR count). The van der Waals surface area contributed by atoms with Crippen molar-refractivity contribution in [3.05, 3.63) is 88.8 Å². The Morgan fingerprint density at radius 3 is 2.45 bits per heavy atom. The van der Waals surface area contributed by atoms with E-state index < -0.39 is 23.8 Å². The van der Waals surface area contributed by atoms with Crippen LogP contribution in [0.4, 0.5) is 4.39 Å². The van der Waals surface area contributed by atoms with Crippen molar-refractivity contribution in [3.8, 4) is 17.7 Å². The number of esters is 1. The van der Waals surface area contributed by atoms with Gasteiger partial charge in [-0.3, -0.25) is 4.79 Å². The van der Waals surface area contributed by atoms with Crippen LogP contribution in [0.1, 0.15) is 37.1 Å². The molecule has 1 aromatic heterocycles. The third-order valence-electron chi connectivity index (χ3n) is 4.53. The fourth-order valence-electron chi connectivity index (χ4n) is 3.09. The summed E-state index contributed by atoms with van der Waals surface area (Å²) in [5.41, 5.74) is 0.959. The normalized spacial score (nSPS) is 12.6. The van der Waals surface area contributed by atoms with E-state index in [0.717, 1.165) is 5.56 Å². The molecule has 1 heterocycles. The van der Waals surface area contributed by atoms with Gasteiger partial charge in [0.1, 0.15) is 17.6 Å². The third-order valence-corrected chi connectivity index (χ3v) is 4.79. The summed E-state index contributed by atoms with van der Waals surface area (Å²) in [6, 6.07) is 19.3. The van der Waals surface area contributed by atoms with Crippen LogP contribution in [0.3, 0.4) is 0 Å². The molecule has 0 fully saturated rings. The molecule has 0 saturated heterocycles. The quantitative estimate of drug-likeness (QED) is 0.410. The van der Waals surface area contributed by atoms with E-state index in [4.69, 9.17) is 21.1 Å². The van der Waals surface area contributed by atoms with Crippen molar-refractivity contribution in [2.75, 3.05) is 0 Å². The molecule has 2 unspecified atom stereocenters. The molecule has 3 aromatic rings. The minimum absolute atomic E-state index is 0.0661. The predicted molar refractivity (Wildman–Crippen MR) is 114 cm³/mol. The number of aromatic nitrogens is 1. The number of ether oxygens (including phenoxy) is 2. The molecule has 158 valence electrons. The van der Waals surface area contributed by atoms with E-state index in [9.17, 15) is 14.4 Å². The maximum absolute atomic E-state index is 13.4. The van der Waals surface area contributed by atoms with Gasteiger partial charge in [-0.15, -0.1) is 0 Å². The van der Waals surface area contributed by atoms with Crippen molar-refractivity contribution >= 4 is 17.6 Å². The Balaban J connectivity index is 1.79. The topological polar surface area (TPSA) is 72.2 Å². The Morgan fingerprint density at radius 2 is 1.81 bits per heavy atom. The number of nitrogens with zero attached hydrogens (tertiary/aromatic N) is 2. The van der Waals surface area contributed by atoms with Crippen molar-refractivity contribution in [3.63, 3.8) is 0 Å². The van der Waals surface area contributed by atoms with Crippen molar-refractivity contribution in [2.45, 2.75) is 25.9 Å². The third kappa shape index (κ3) is 5.80. The van der Waals surface area contributed by atoms with Crippen LogP contribution < -0.4 is 4.74 Å². The van der Waals surface area contributed by atoms with Gasteiger partial charge in [-0.05, 0) is 41.8 Å². The maximum atomic E-state index is 13.4. The summed E-state index contributed by atoms with van der Waals surface area (Å²) in [6.07, 6.45) is -1.22. The summed E-state index contributed by atoms with van der Waals surface area (Å²) in [7, 11) is 0. The van der Waals surface area contributed by atoms with Crippen molar-refractivity contribution in [1.29, 1.82) is 5.26 Å². The first-order chi connectivity index (χ1) is 14.9. The second-order valence-corrected chi connectivity index (χ2v) is 7.62. The lowest BCUT2D eigenvalue weighted by Gasteiger charge is -2.21. The van der Waals surface area contributed by atoms with E-state index >= 15 is 0 Å². The summed E-state index contributed by atoms with van der Waals surface area (Å²) in [4.78, 5) is 17.2. The molecular formula is C24H20ClFN2O3. The lowest BCUT2D eigenvalue weighted by atomic mass is 9.88. The van der Waals surface area contributed by atoms with Gasteiger partial charge in [0.05, 0.1) is 11.6 Å². The number of carbonyl (C=O) groups is 1. The van der Waals surface area contributed by atoms with Crippen LogP contribution in [-0.2, 0) is 9.53 Å². The number of hydrogen-bond donors (Lipinski definition) is 0. The van der Waals surface area contributed by atoms with E-state index in [1.54, 1.807) is 48.5 Å². The zero-order chi connectivity index (χ0) is 22.4. The molecule has 0 N–H and O–H groups in total. The highest BCUT2D eigenvalue weighted by molar-refractivity contribution is 6.30. The molecule has 7 heteroatoms. The number of nitriles is 1. The molecule has 31 heavy (non-hydrogen) atoms. The molecule has 0 aliphatic heterocycles. The summed E-state index contributed by atoms with van der Waals surface area (Å²) < 4.78 is 24.4. The molecule has 0 bridgehead atoms. The molecule has 2 atom stereocenters. The number of hydrogen-bond acceptors (Lipinski definition) is 5. The number of pyridine rings is 1. The molecule has 0 saturated carbocycles. The van der Waals surface area contributed by atoms with Gasteiger partial charge in [-0.2, -0.15) is 5.26 Å². The Bertz CT molecular complexity index is 1100. The first-order valence-electron chi connectivity index (χ1n) is 9.63. The molecular weight excluding hydrogens is 419 g/mol. The van der Waals surface area contributed by atoms with Gasteiger partial charge in [0.2, 0.25) is 12.0 Å². The van der Waals surface area contributed by atoms with Crippen molar-refractivity contribution in [1.82, 2.24) is 4.98 Å². The summed E-state index contributed by atoms with van der Waals surface area (Å²) in [6.45, 7) is 3.79. The van der Waals surface area contributed by atoms with E-state index in [-0.39, 0.29) is 23.2 Å². The SMILES string of the molecule is CC(C)C(C(=O)OC(C#N)c1cccc(Oc2cccc(F)c2)n1)c1ccc(Cl)cc1. The molecule has 2 aromatic carbocycles. The predicted octanol–water partition coefficient (Wildman–Crippen LogP) is 6.21. The molecule has 0 radical (unpaired) electrons.